The van der Waals surface area contributed by atoms with Gasteiger partial charge >= 0.3 is 6.18 Å². The average molecular weight is 292 g/mol. The minimum Gasteiger partial charge on any atom is -0.340 e. The van der Waals surface area contributed by atoms with E-state index in [0.29, 0.717) is 6.07 Å². The Hall–Kier alpha value is -1.89. The highest BCUT2D eigenvalue weighted by Gasteiger charge is 2.31. The average Bonchev–Trinajstić information content (AvgIpc) is 2.26. The highest BCUT2D eigenvalue weighted by molar-refractivity contribution is 6.29. The first-order valence-electron chi connectivity index (χ1n) is 4.97. The van der Waals surface area contributed by atoms with E-state index < -0.39 is 17.6 Å². The largest absolute Gasteiger partial charge is 0.416 e. The molecule has 0 aliphatic carbocycles. The van der Waals surface area contributed by atoms with Crippen LogP contribution in [0.2, 0.25) is 5.15 Å². The lowest BCUT2D eigenvalue weighted by Crippen LogP contribution is -2.06. The number of nitrogens with zero attached hydrogens (tertiary/aromatic N) is 2. The number of hydrogen-bond donors (Lipinski definition) is 1. The zero-order valence-electron chi connectivity index (χ0n) is 9.17. The van der Waals surface area contributed by atoms with E-state index in [-0.39, 0.29) is 16.7 Å². The van der Waals surface area contributed by atoms with Gasteiger partial charge in [-0.2, -0.15) is 13.2 Å². The molecular weight excluding hydrogens is 286 g/mol. The molecule has 100 valence electrons. The molecule has 8 heteroatoms. The van der Waals surface area contributed by atoms with Crippen molar-refractivity contribution < 1.29 is 17.6 Å². The smallest absolute Gasteiger partial charge is 0.340 e. The SMILES string of the molecule is Fc1cc(Nc2cc(Cl)ncn2)cc(C(F)(F)F)c1. The zero-order chi connectivity index (χ0) is 14.0. The molecule has 0 saturated heterocycles. The molecule has 1 heterocycles. The lowest BCUT2D eigenvalue weighted by Gasteiger charge is -2.10. The molecule has 0 unspecified atom stereocenters. The minimum absolute atomic E-state index is 0.0814. The molecule has 0 amide bonds. The molecule has 2 rings (SSSR count). The molecule has 0 aliphatic heterocycles. The first-order valence-corrected chi connectivity index (χ1v) is 5.35. The fraction of sp³-hybridized carbons (Fsp3) is 0.0909. The van der Waals surface area contributed by atoms with Gasteiger partial charge in [-0.1, -0.05) is 11.6 Å². The van der Waals surface area contributed by atoms with Crippen LogP contribution in [0, 0.1) is 5.82 Å². The summed E-state index contributed by atoms with van der Waals surface area (Å²) in [7, 11) is 0. The lowest BCUT2D eigenvalue weighted by molar-refractivity contribution is -0.137. The van der Waals surface area contributed by atoms with Crippen LogP contribution >= 0.6 is 11.6 Å². The van der Waals surface area contributed by atoms with Crippen LogP contribution in [0.15, 0.2) is 30.6 Å². The summed E-state index contributed by atoms with van der Waals surface area (Å²) in [5.74, 6) is -0.837. The van der Waals surface area contributed by atoms with Crippen LogP contribution in [0.1, 0.15) is 5.56 Å². The highest BCUT2D eigenvalue weighted by Crippen LogP contribution is 2.32. The van der Waals surface area contributed by atoms with Gasteiger partial charge in [0.1, 0.15) is 23.1 Å². The van der Waals surface area contributed by atoms with Crippen molar-refractivity contribution in [2.75, 3.05) is 5.32 Å². The fourth-order valence-electron chi connectivity index (χ4n) is 1.38. The van der Waals surface area contributed by atoms with Gasteiger partial charge in [-0.05, 0) is 18.2 Å². The summed E-state index contributed by atoms with van der Waals surface area (Å²) in [4.78, 5) is 7.36. The van der Waals surface area contributed by atoms with E-state index in [9.17, 15) is 17.6 Å². The van der Waals surface area contributed by atoms with Crippen molar-refractivity contribution in [2.24, 2.45) is 0 Å². The number of hydrogen-bond acceptors (Lipinski definition) is 3. The van der Waals surface area contributed by atoms with Crippen molar-refractivity contribution in [3.63, 3.8) is 0 Å². The summed E-state index contributed by atoms with van der Waals surface area (Å²) in [6, 6.07) is 3.42. The van der Waals surface area contributed by atoms with E-state index in [1.165, 1.54) is 6.07 Å². The first-order chi connectivity index (χ1) is 8.84. The van der Waals surface area contributed by atoms with Crippen molar-refractivity contribution >= 4 is 23.1 Å². The second-order valence-corrected chi connectivity index (χ2v) is 3.96. The Balaban J connectivity index is 2.33. The molecule has 1 N–H and O–H groups in total. The number of halogens is 5. The van der Waals surface area contributed by atoms with Crippen LogP contribution in [0.3, 0.4) is 0 Å². The molecule has 0 saturated carbocycles. The van der Waals surface area contributed by atoms with E-state index in [2.05, 4.69) is 15.3 Å². The maximum atomic E-state index is 13.1. The van der Waals surface area contributed by atoms with Crippen LogP contribution in [-0.4, -0.2) is 9.97 Å². The molecule has 3 nitrogen and oxygen atoms in total. The van der Waals surface area contributed by atoms with Crippen molar-refractivity contribution in [1.29, 1.82) is 0 Å². The molecular formula is C11H6ClF4N3. The number of alkyl halides is 3. The third-order valence-electron chi connectivity index (χ3n) is 2.13. The standard InChI is InChI=1S/C11H6ClF4N3/c12-9-4-10(18-5-17-9)19-8-2-6(11(14,15)16)1-7(13)3-8/h1-5H,(H,17,18,19). The molecule has 1 aromatic heterocycles. The Morgan fingerprint density at radius 3 is 2.42 bits per heavy atom. The maximum absolute atomic E-state index is 13.1. The molecule has 0 radical (unpaired) electrons. The van der Waals surface area contributed by atoms with E-state index in [1.54, 1.807) is 0 Å². The number of rotatable bonds is 2. The van der Waals surface area contributed by atoms with Crippen LogP contribution in [0.5, 0.6) is 0 Å². The highest BCUT2D eigenvalue weighted by atomic mass is 35.5. The Bertz CT molecular complexity index is 601. The number of aromatic nitrogens is 2. The fourth-order valence-corrected chi connectivity index (χ4v) is 1.52. The third kappa shape index (κ3) is 3.54. The number of benzene rings is 1. The molecule has 0 atom stereocenters. The maximum Gasteiger partial charge on any atom is 0.416 e. The summed E-state index contributed by atoms with van der Waals surface area (Å²) in [5.41, 5.74) is -1.17. The molecule has 19 heavy (non-hydrogen) atoms. The molecule has 1 aromatic carbocycles. The van der Waals surface area contributed by atoms with Gasteiger partial charge in [0, 0.05) is 11.8 Å². The summed E-state index contributed by atoms with van der Waals surface area (Å²) in [6.07, 6.45) is -3.49. The predicted molar refractivity (Wildman–Crippen MR) is 61.7 cm³/mol. The lowest BCUT2D eigenvalue weighted by atomic mass is 10.2. The van der Waals surface area contributed by atoms with Crippen LogP contribution in [-0.2, 0) is 6.18 Å². The summed E-state index contributed by atoms with van der Waals surface area (Å²) in [6.45, 7) is 0. The van der Waals surface area contributed by atoms with Gasteiger partial charge in [0.25, 0.3) is 0 Å². The molecule has 0 bridgehead atoms. The van der Waals surface area contributed by atoms with Crippen molar-refractivity contribution in [3.8, 4) is 0 Å². The zero-order valence-corrected chi connectivity index (χ0v) is 9.93. The summed E-state index contributed by atoms with van der Waals surface area (Å²) < 4.78 is 50.7. The number of nitrogens with one attached hydrogen (secondary N) is 1. The molecule has 0 spiro atoms. The van der Waals surface area contributed by atoms with Gasteiger partial charge in [-0.25, -0.2) is 14.4 Å². The van der Waals surface area contributed by atoms with E-state index in [0.717, 1.165) is 18.5 Å². The normalized spacial score (nSPS) is 11.4. The van der Waals surface area contributed by atoms with Gasteiger partial charge in [0.05, 0.1) is 5.56 Å². The van der Waals surface area contributed by atoms with Gasteiger partial charge in [0.15, 0.2) is 0 Å². The monoisotopic (exact) mass is 291 g/mol. The van der Waals surface area contributed by atoms with E-state index in [4.69, 9.17) is 11.6 Å². The van der Waals surface area contributed by atoms with Crippen molar-refractivity contribution in [1.82, 2.24) is 9.97 Å². The Kier molecular flexibility index (Phi) is 3.57. The predicted octanol–water partition coefficient (Wildman–Crippen LogP) is 4.03. The molecule has 2 aromatic rings. The Morgan fingerprint density at radius 2 is 1.79 bits per heavy atom. The van der Waals surface area contributed by atoms with Crippen LogP contribution < -0.4 is 5.32 Å². The van der Waals surface area contributed by atoms with Gasteiger partial charge in [0.2, 0.25) is 0 Å². The van der Waals surface area contributed by atoms with E-state index >= 15 is 0 Å². The van der Waals surface area contributed by atoms with Crippen LogP contribution in [0.4, 0.5) is 29.1 Å². The number of anilines is 2. The first kappa shape index (κ1) is 13.5. The van der Waals surface area contributed by atoms with Crippen LogP contribution in [0.25, 0.3) is 0 Å². The molecule has 0 aliphatic rings. The molecule has 0 fully saturated rings. The van der Waals surface area contributed by atoms with Gasteiger partial charge in [-0.15, -0.1) is 0 Å². The summed E-state index contributed by atoms with van der Waals surface area (Å²) >= 11 is 5.60. The Labute approximate surface area is 110 Å². The minimum atomic E-state index is -4.62. The third-order valence-corrected chi connectivity index (χ3v) is 2.34. The van der Waals surface area contributed by atoms with Gasteiger partial charge < -0.3 is 5.32 Å². The second kappa shape index (κ2) is 5.00. The quantitative estimate of drug-likeness (QED) is 0.670. The van der Waals surface area contributed by atoms with E-state index in [1.807, 2.05) is 0 Å². The van der Waals surface area contributed by atoms with Gasteiger partial charge in [-0.3, -0.25) is 0 Å². The van der Waals surface area contributed by atoms with Crippen molar-refractivity contribution in [3.05, 3.63) is 47.1 Å². The van der Waals surface area contributed by atoms with Crippen molar-refractivity contribution in [2.45, 2.75) is 6.18 Å². The Morgan fingerprint density at radius 1 is 1.05 bits per heavy atom. The topological polar surface area (TPSA) is 37.8 Å². The summed E-state index contributed by atoms with van der Waals surface area (Å²) in [5, 5.41) is 2.64. The second-order valence-electron chi connectivity index (χ2n) is 3.58.